The number of nitrogens with zero attached hydrogens (tertiary/aromatic N) is 23. The number of amides is 6. The number of fused-ring (bicyclic) bond motifs is 7. The lowest BCUT2D eigenvalue weighted by Crippen LogP contribution is -2.27. The number of imidazole rings is 1. The fourth-order valence-corrected chi connectivity index (χ4v) is 17.2. The van der Waals surface area contributed by atoms with Crippen LogP contribution in [-0.2, 0) is 120 Å². The average molecular weight is 1900 g/mol. The van der Waals surface area contributed by atoms with E-state index < -0.39 is 0 Å². The van der Waals surface area contributed by atoms with Gasteiger partial charge in [-0.25, -0.2) is 74.8 Å². The van der Waals surface area contributed by atoms with Gasteiger partial charge in [-0.2, -0.15) is 10.2 Å². The van der Waals surface area contributed by atoms with Crippen LogP contribution in [0, 0.1) is 0 Å². The molecular formula is C102H90N34O7. The summed E-state index contributed by atoms with van der Waals surface area (Å²) in [6.07, 6.45) is 18.7. The molecule has 0 bridgehead atoms. The minimum Gasteiger partial charge on any atom is -0.461 e. The Hall–Kier alpha value is -19.3. The van der Waals surface area contributed by atoms with Gasteiger partial charge in [-0.15, -0.1) is 0 Å². The Morgan fingerprint density at radius 3 is 1.10 bits per heavy atom. The van der Waals surface area contributed by atoms with Crippen molar-refractivity contribution in [2.24, 2.45) is 0 Å². The molecule has 143 heavy (non-hydrogen) atoms. The van der Waals surface area contributed by atoms with Gasteiger partial charge in [-0.05, 0) is 87.8 Å². The number of anilines is 12. The van der Waals surface area contributed by atoms with Crippen molar-refractivity contribution < 1.29 is 33.2 Å². The number of nitrogens with one attached hydrogen (secondary N) is 5. The monoisotopic (exact) mass is 1900 g/mol. The Labute approximate surface area is 814 Å². The Bertz CT molecular complexity index is 7120. The van der Waals surface area contributed by atoms with Gasteiger partial charge >= 0.3 is 0 Å². The Morgan fingerprint density at radius 1 is 0.329 bits per heavy atom. The molecule has 17 N–H and O–H groups in total. The molecule has 710 valence electrons. The second-order valence-corrected chi connectivity index (χ2v) is 33.9. The first-order valence-corrected chi connectivity index (χ1v) is 45.5. The Kier molecular flexibility index (Phi) is 25.9. The third-order valence-corrected chi connectivity index (χ3v) is 24.4. The zero-order chi connectivity index (χ0) is 98.1. The number of H-pyrrole nitrogens is 4. The molecule has 41 heteroatoms. The van der Waals surface area contributed by atoms with Crippen LogP contribution in [0.25, 0.3) is 69.0 Å². The average Bonchev–Trinajstić information content (AvgIpc) is 1.65. The van der Waals surface area contributed by atoms with Crippen LogP contribution >= 0.6 is 0 Å². The van der Waals surface area contributed by atoms with Crippen molar-refractivity contribution >= 4 is 105 Å². The molecule has 25 rings (SSSR count). The first kappa shape index (κ1) is 91.4. The number of nitrogens with two attached hydrogens (primary N) is 6. The minimum atomic E-state index is -0.0312. The van der Waals surface area contributed by atoms with E-state index in [0.717, 1.165) is 64.1 Å². The highest BCUT2D eigenvalue weighted by Gasteiger charge is 2.39. The number of carbonyl (C=O) groups is 6. The minimum absolute atomic E-state index is 0.00603. The highest BCUT2D eigenvalue weighted by atomic mass is 16.3. The second-order valence-electron chi connectivity index (χ2n) is 33.9. The summed E-state index contributed by atoms with van der Waals surface area (Å²) in [7, 11) is 0. The standard InChI is InChI=1S/C19H19N7O.C17H14N6O.C17H15N5O.C17H14N4O2.2C16H14N6O/c20-16-14-8-15(27)26(19(14)25-18(24-16)17-22-5-6-23-17)10-11-1-2-12-3-4-21-9-13(12)7-11;18-15-13-6-14(24)23(9-11-4-2-1-3-5-11)17(13)22-16(21-15)12-7-19-10-20-8-12;18-15-12-9-14(23)22(10-11-5-2-1-3-6-11)17(12)21-16(20-15)13-7-4-8-19-13;18-15-12-9-14(22)21(10-11-5-2-1-3-6-11)17(12)20-16(19-15)13-7-4-8-23-13;17-14-12-6-13(23)22(9-10-4-2-1-3-5-10)16(12)21-15(20-14)11-7-18-19-8-11;17-14-11-8-13(23)22(9-10-4-2-1-3-5-10)16(11)20-15(19-14)12-6-7-18-21-12/h1-2,5-7,21H,3-4,8-10H2,(H,22,23)(H2,20,24,25);1-5,7-8,10H,6,9H2,(H2,18,21,22);1-8,19H,9-10H2,(H2,18,20,21);1-8H,9-10H2,(H2,18,19,20);1-5,7-8H,6,9H2,(H,18,19)(H2,17,20,21);1-7H,8-9H2,(H,18,21)(H2,17,19,20). The molecule has 0 atom stereocenters. The molecule has 0 fully saturated rings. The summed E-state index contributed by atoms with van der Waals surface area (Å²) in [5.74, 6) is 9.04. The first-order valence-electron chi connectivity index (χ1n) is 45.5. The molecule has 7 aliphatic heterocycles. The summed E-state index contributed by atoms with van der Waals surface area (Å²) in [5.41, 5.74) is 52.2. The van der Waals surface area contributed by atoms with Gasteiger partial charge in [0.05, 0.1) is 107 Å². The van der Waals surface area contributed by atoms with Crippen LogP contribution in [0.3, 0.4) is 0 Å². The van der Waals surface area contributed by atoms with Gasteiger partial charge in [0.1, 0.15) is 81.8 Å². The number of nitrogen functional groups attached to an aromatic ring is 6. The molecule has 0 radical (unpaired) electrons. The number of aromatic amines is 4. The maximum Gasteiger partial charge on any atom is 0.233 e. The Balaban J connectivity index is 0.000000105. The number of hydrogen-bond acceptors (Lipinski definition) is 31. The summed E-state index contributed by atoms with van der Waals surface area (Å²) >= 11 is 0. The number of furan rings is 1. The van der Waals surface area contributed by atoms with Crippen LogP contribution in [0.2, 0.25) is 0 Å². The molecular weight excluding hydrogens is 1810 g/mol. The second kappa shape index (κ2) is 40.5. The normalized spacial score (nSPS) is 13.8. The third kappa shape index (κ3) is 19.9. The van der Waals surface area contributed by atoms with Crippen molar-refractivity contribution in [2.45, 2.75) is 90.8 Å². The maximum atomic E-state index is 12.6. The SMILES string of the molecule is Nc1nc(-c2ccc[nH]2)nc2c1CC(=O)N2Cc1ccccc1.Nc1nc(-c2ccco2)nc2c1CC(=O)N2Cc1ccccc1.Nc1nc(-c2ccn[nH]2)nc2c1CC(=O)N2Cc1ccccc1.Nc1nc(-c2cn[nH]c2)nc2c1CC(=O)N2Cc1ccccc1.Nc1nc(-c2cncnc2)nc2c1CC(=O)N2Cc1ccccc1.Nc1nc(-c2ncc[nH]2)nc2c1CC(=O)N2Cc1ccc2c(c1)CNCC2. The highest BCUT2D eigenvalue weighted by molar-refractivity contribution is 6.06. The topological polar surface area (TPSA) is 585 Å². The molecule has 0 aliphatic carbocycles. The van der Waals surface area contributed by atoms with Crippen LogP contribution in [0.15, 0.2) is 267 Å². The lowest BCUT2D eigenvalue weighted by Gasteiger charge is -2.21. The molecule has 0 unspecified atom stereocenters. The third-order valence-electron chi connectivity index (χ3n) is 24.4. The van der Waals surface area contributed by atoms with E-state index in [0.29, 0.717) is 200 Å². The number of benzene rings is 6. The molecule has 0 spiro atoms. The summed E-state index contributed by atoms with van der Waals surface area (Å²) in [6, 6.07) is 64.4. The van der Waals surface area contributed by atoms with Gasteiger partial charge in [0.25, 0.3) is 0 Å². The molecule has 19 heterocycles. The van der Waals surface area contributed by atoms with Crippen molar-refractivity contribution in [3.63, 3.8) is 0 Å². The molecule has 18 aromatic rings. The van der Waals surface area contributed by atoms with E-state index in [1.807, 2.05) is 164 Å². The quantitative estimate of drug-likeness (QED) is 0.0380. The van der Waals surface area contributed by atoms with Gasteiger partial charge < -0.3 is 54.1 Å². The molecule has 0 saturated carbocycles. The van der Waals surface area contributed by atoms with Crippen molar-refractivity contribution in [2.75, 3.05) is 70.3 Å². The largest absolute Gasteiger partial charge is 0.461 e. The van der Waals surface area contributed by atoms with E-state index in [-0.39, 0.29) is 74.0 Å². The lowest BCUT2D eigenvalue weighted by atomic mass is 9.98. The summed E-state index contributed by atoms with van der Waals surface area (Å²) in [5, 5.41) is 16.7. The molecule has 6 amide bonds. The molecule has 12 aromatic heterocycles. The van der Waals surface area contributed by atoms with Crippen molar-refractivity contribution in [3.8, 4) is 69.0 Å². The number of aromatic nitrogens is 21. The summed E-state index contributed by atoms with van der Waals surface area (Å²) < 4.78 is 5.33. The summed E-state index contributed by atoms with van der Waals surface area (Å²) in [6.45, 7) is 4.66. The van der Waals surface area contributed by atoms with Crippen LogP contribution < -0.4 is 69.1 Å². The van der Waals surface area contributed by atoms with Gasteiger partial charge in [-0.1, -0.05) is 170 Å². The Morgan fingerprint density at radius 2 is 0.720 bits per heavy atom. The lowest BCUT2D eigenvalue weighted by molar-refractivity contribution is -0.118. The molecule has 0 saturated heterocycles. The van der Waals surface area contributed by atoms with Crippen LogP contribution in [-0.4, -0.2) is 147 Å². The van der Waals surface area contributed by atoms with E-state index in [4.69, 9.17) is 38.8 Å². The van der Waals surface area contributed by atoms with Crippen molar-refractivity contribution in [1.29, 1.82) is 0 Å². The predicted molar refractivity (Wildman–Crippen MR) is 533 cm³/mol. The first-order chi connectivity index (χ1) is 69.8. The van der Waals surface area contributed by atoms with Gasteiger partial charge in [-0.3, -0.25) is 68.4 Å². The van der Waals surface area contributed by atoms with Crippen LogP contribution in [0.1, 0.15) is 77.9 Å². The highest BCUT2D eigenvalue weighted by Crippen LogP contribution is 2.41. The van der Waals surface area contributed by atoms with E-state index >= 15 is 0 Å². The van der Waals surface area contributed by atoms with Crippen LogP contribution in [0.5, 0.6) is 0 Å². The smallest absolute Gasteiger partial charge is 0.233 e. The predicted octanol–water partition coefficient (Wildman–Crippen LogP) is 10.4. The van der Waals surface area contributed by atoms with Gasteiger partial charge in [0.15, 0.2) is 46.5 Å². The molecule has 6 aromatic carbocycles. The zero-order valence-corrected chi connectivity index (χ0v) is 76.5. The van der Waals surface area contributed by atoms with E-state index in [1.165, 1.54) is 17.5 Å². The van der Waals surface area contributed by atoms with E-state index in [1.54, 1.807) is 103 Å². The van der Waals surface area contributed by atoms with Gasteiger partial charge in [0, 0.05) is 83.3 Å². The zero-order valence-electron chi connectivity index (χ0n) is 76.5. The van der Waals surface area contributed by atoms with Crippen molar-refractivity contribution in [1.82, 2.24) is 110 Å². The van der Waals surface area contributed by atoms with E-state index in [2.05, 4.69) is 129 Å². The van der Waals surface area contributed by atoms with Gasteiger partial charge in [0.2, 0.25) is 35.4 Å². The maximum absolute atomic E-state index is 12.6. The fraction of sp³-hybridized carbons (Fsp3) is 0.147. The number of hydrogen-bond donors (Lipinski definition) is 11. The van der Waals surface area contributed by atoms with Crippen molar-refractivity contribution in [3.05, 3.63) is 340 Å². The number of rotatable bonds is 18. The summed E-state index contributed by atoms with van der Waals surface area (Å²) in [4.78, 5) is 156. The van der Waals surface area contributed by atoms with Crippen LogP contribution in [0.4, 0.5) is 69.8 Å². The van der Waals surface area contributed by atoms with E-state index in [9.17, 15) is 28.8 Å². The molecule has 7 aliphatic rings. The fourth-order valence-electron chi connectivity index (χ4n) is 17.2. The number of carbonyl (C=O) groups excluding carboxylic acids is 6. The molecule has 41 nitrogen and oxygen atoms in total.